The van der Waals surface area contributed by atoms with Crippen molar-refractivity contribution in [3.05, 3.63) is 59.5 Å². The number of carboxylic acid groups (broad SMARTS) is 1. The van der Waals surface area contributed by atoms with Crippen molar-refractivity contribution in [2.75, 3.05) is 6.54 Å². The van der Waals surface area contributed by atoms with Gasteiger partial charge in [-0.3, -0.25) is 4.79 Å². The number of furan rings is 1. The Balaban J connectivity index is 1.82. The van der Waals surface area contributed by atoms with Crippen molar-refractivity contribution in [1.29, 1.82) is 0 Å². The third kappa shape index (κ3) is 3.45. The second-order valence-corrected chi connectivity index (χ2v) is 3.99. The molecule has 98 valence electrons. The van der Waals surface area contributed by atoms with Crippen molar-refractivity contribution in [3.8, 4) is 0 Å². The maximum Gasteiger partial charge on any atom is 0.335 e. The van der Waals surface area contributed by atoms with E-state index in [1.54, 1.807) is 36.4 Å². The lowest BCUT2D eigenvalue weighted by Gasteiger charge is -2.04. The summed E-state index contributed by atoms with van der Waals surface area (Å²) < 4.78 is 4.96. The number of benzene rings is 1. The average Bonchev–Trinajstić information content (AvgIpc) is 2.93. The van der Waals surface area contributed by atoms with Crippen LogP contribution in [0.3, 0.4) is 0 Å². The molecule has 0 aliphatic heterocycles. The summed E-state index contributed by atoms with van der Waals surface area (Å²) in [6.07, 6.45) is 2.08. The minimum Gasteiger partial charge on any atom is -0.478 e. The molecule has 1 amide bonds. The van der Waals surface area contributed by atoms with Gasteiger partial charge in [-0.15, -0.1) is 0 Å². The van der Waals surface area contributed by atoms with Crippen molar-refractivity contribution in [3.63, 3.8) is 0 Å². The third-order valence-corrected chi connectivity index (χ3v) is 2.65. The van der Waals surface area contributed by atoms with Gasteiger partial charge in [0.05, 0.1) is 11.8 Å². The summed E-state index contributed by atoms with van der Waals surface area (Å²) in [7, 11) is 0. The Morgan fingerprint density at radius 1 is 1.16 bits per heavy atom. The van der Waals surface area contributed by atoms with Gasteiger partial charge in [-0.2, -0.15) is 0 Å². The molecule has 0 unspecified atom stereocenters. The third-order valence-electron chi connectivity index (χ3n) is 2.65. The molecule has 0 aliphatic rings. The lowest BCUT2D eigenvalue weighted by molar-refractivity contribution is 0.0696. The van der Waals surface area contributed by atoms with E-state index in [-0.39, 0.29) is 17.2 Å². The molecule has 0 saturated carbocycles. The van der Waals surface area contributed by atoms with E-state index in [0.717, 1.165) is 5.56 Å². The van der Waals surface area contributed by atoms with Crippen molar-refractivity contribution in [1.82, 2.24) is 5.32 Å². The van der Waals surface area contributed by atoms with Crippen LogP contribution in [0.5, 0.6) is 0 Å². The van der Waals surface area contributed by atoms with E-state index in [0.29, 0.717) is 13.0 Å². The van der Waals surface area contributed by atoms with Gasteiger partial charge in [-0.1, -0.05) is 12.1 Å². The molecule has 0 bridgehead atoms. The Kier molecular flexibility index (Phi) is 3.97. The van der Waals surface area contributed by atoms with Gasteiger partial charge in [0, 0.05) is 6.54 Å². The van der Waals surface area contributed by atoms with E-state index in [2.05, 4.69) is 5.32 Å². The molecule has 19 heavy (non-hydrogen) atoms. The molecule has 0 radical (unpaired) electrons. The molecule has 0 atom stereocenters. The van der Waals surface area contributed by atoms with Crippen LogP contribution in [0.25, 0.3) is 0 Å². The fourth-order valence-electron chi connectivity index (χ4n) is 1.63. The topological polar surface area (TPSA) is 79.5 Å². The molecule has 1 aromatic carbocycles. The molecule has 2 aromatic rings. The number of carbonyl (C=O) groups is 2. The van der Waals surface area contributed by atoms with Gasteiger partial charge in [0.15, 0.2) is 5.76 Å². The average molecular weight is 259 g/mol. The Bertz CT molecular complexity index is 558. The maximum atomic E-state index is 11.6. The molecular weight excluding hydrogens is 246 g/mol. The zero-order valence-corrected chi connectivity index (χ0v) is 10.1. The second kappa shape index (κ2) is 5.86. The molecule has 0 saturated heterocycles. The number of aromatic carboxylic acids is 1. The highest BCUT2D eigenvalue weighted by Gasteiger charge is 2.07. The van der Waals surface area contributed by atoms with E-state index in [1.165, 1.54) is 6.26 Å². The van der Waals surface area contributed by atoms with Crippen molar-refractivity contribution >= 4 is 11.9 Å². The number of amides is 1. The van der Waals surface area contributed by atoms with Crippen LogP contribution in [-0.4, -0.2) is 23.5 Å². The Labute approximate surface area is 109 Å². The summed E-state index contributed by atoms with van der Waals surface area (Å²) >= 11 is 0. The zero-order chi connectivity index (χ0) is 13.7. The van der Waals surface area contributed by atoms with Crippen LogP contribution in [0, 0.1) is 0 Å². The quantitative estimate of drug-likeness (QED) is 0.860. The van der Waals surface area contributed by atoms with Gasteiger partial charge >= 0.3 is 5.97 Å². The van der Waals surface area contributed by atoms with E-state index in [4.69, 9.17) is 9.52 Å². The van der Waals surface area contributed by atoms with Gasteiger partial charge in [0.1, 0.15) is 0 Å². The fraction of sp³-hybridized carbons (Fsp3) is 0.143. The molecule has 1 heterocycles. The fourth-order valence-corrected chi connectivity index (χ4v) is 1.63. The van der Waals surface area contributed by atoms with Gasteiger partial charge in [0.2, 0.25) is 0 Å². The first-order chi connectivity index (χ1) is 9.16. The van der Waals surface area contributed by atoms with Crippen molar-refractivity contribution in [2.24, 2.45) is 0 Å². The number of nitrogens with one attached hydrogen (secondary N) is 1. The van der Waals surface area contributed by atoms with E-state index < -0.39 is 5.97 Å². The first-order valence-corrected chi connectivity index (χ1v) is 5.81. The molecular formula is C14H13NO4. The monoisotopic (exact) mass is 259 g/mol. The highest BCUT2D eigenvalue weighted by Crippen LogP contribution is 2.05. The standard InChI is InChI=1S/C14H13NO4/c16-13(12-2-1-9-19-12)15-8-7-10-3-5-11(6-4-10)14(17)18/h1-6,9H,7-8H2,(H,15,16)(H,17,18). The second-order valence-electron chi connectivity index (χ2n) is 3.99. The predicted molar refractivity (Wildman–Crippen MR) is 68.1 cm³/mol. The lowest BCUT2D eigenvalue weighted by atomic mass is 10.1. The van der Waals surface area contributed by atoms with Gasteiger partial charge < -0.3 is 14.8 Å². The summed E-state index contributed by atoms with van der Waals surface area (Å²) in [5.41, 5.74) is 1.22. The predicted octanol–water partition coefficient (Wildman–Crippen LogP) is 1.95. The van der Waals surface area contributed by atoms with Crippen LogP contribution < -0.4 is 5.32 Å². The molecule has 2 N–H and O–H groups in total. The normalized spacial score (nSPS) is 10.1. The van der Waals surface area contributed by atoms with Crippen LogP contribution in [0.4, 0.5) is 0 Å². The number of hydrogen-bond acceptors (Lipinski definition) is 3. The minimum absolute atomic E-state index is 0.253. The number of carbonyl (C=O) groups excluding carboxylic acids is 1. The summed E-state index contributed by atoms with van der Waals surface area (Å²) in [6, 6.07) is 9.82. The van der Waals surface area contributed by atoms with Gasteiger partial charge in [-0.25, -0.2) is 4.79 Å². The highest BCUT2D eigenvalue weighted by atomic mass is 16.4. The SMILES string of the molecule is O=C(O)c1ccc(CCNC(=O)c2ccco2)cc1. The molecule has 0 fully saturated rings. The van der Waals surface area contributed by atoms with Gasteiger partial charge in [0.25, 0.3) is 5.91 Å². The van der Waals surface area contributed by atoms with E-state index >= 15 is 0 Å². The van der Waals surface area contributed by atoms with Gasteiger partial charge in [-0.05, 0) is 36.2 Å². The Morgan fingerprint density at radius 3 is 2.47 bits per heavy atom. The summed E-state index contributed by atoms with van der Waals surface area (Å²) in [5.74, 6) is -0.925. The first kappa shape index (κ1) is 12.9. The van der Waals surface area contributed by atoms with Crippen LogP contribution in [0.1, 0.15) is 26.5 Å². The molecule has 5 heteroatoms. The van der Waals surface area contributed by atoms with Crippen molar-refractivity contribution < 1.29 is 19.1 Å². The number of carboxylic acids is 1. The molecule has 1 aromatic heterocycles. The zero-order valence-electron chi connectivity index (χ0n) is 10.1. The Hall–Kier alpha value is -2.56. The maximum absolute atomic E-state index is 11.6. The largest absolute Gasteiger partial charge is 0.478 e. The number of hydrogen-bond donors (Lipinski definition) is 2. The number of rotatable bonds is 5. The van der Waals surface area contributed by atoms with Crippen LogP contribution in [-0.2, 0) is 6.42 Å². The highest BCUT2D eigenvalue weighted by molar-refractivity contribution is 5.91. The molecule has 5 nitrogen and oxygen atoms in total. The van der Waals surface area contributed by atoms with Crippen molar-refractivity contribution in [2.45, 2.75) is 6.42 Å². The molecule has 2 rings (SSSR count). The summed E-state index contributed by atoms with van der Waals surface area (Å²) in [4.78, 5) is 22.2. The lowest BCUT2D eigenvalue weighted by Crippen LogP contribution is -2.25. The molecule has 0 aliphatic carbocycles. The van der Waals surface area contributed by atoms with Crippen LogP contribution in [0.15, 0.2) is 47.1 Å². The van der Waals surface area contributed by atoms with Crippen LogP contribution >= 0.6 is 0 Å². The van der Waals surface area contributed by atoms with E-state index in [1.807, 2.05) is 0 Å². The minimum atomic E-state index is -0.947. The summed E-state index contributed by atoms with van der Waals surface area (Å²) in [5, 5.41) is 11.5. The first-order valence-electron chi connectivity index (χ1n) is 5.81. The van der Waals surface area contributed by atoms with Crippen LogP contribution in [0.2, 0.25) is 0 Å². The summed E-state index contributed by atoms with van der Waals surface area (Å²) in [6.45, 7) is 0.464. The van der Waals surface area contributed by atoms with E-state index in [9.17, 15) is 9.59 Å². The molecule has 0 spiro atoms. The Morgan fingerprint density at radius 2 is 1.89 bits per heavy atom. The smallest absolute Gasteiger partial charge is 0.335 e.